The first-order chi connectivity index (χ1) is 17.3. The fourth-order valence-electron chi connectivity index (χ4n) is 4.83. The van der Waals surface area contributed by atoms with E-state index >= 15 is 0 Å². The maximum Gasteiger partial charge on any atom is 0.118 e. The van der Waals surface area contributed by atoms with Crippen LogP contribution in [0.15, 0.2) is 85.2 Å². The van der Waals surface area contributed by atoms with E-state index in [1.54, 1.807) is 7.11 Å². The summed E-state index contributed by atoms with van der Waals surface area (Å²) in [6.07, 6.45) is 5.59. The SMILES string of the molecule is COc1ccc(COC[C@@H]2CCc3nc(-c4ccc5ccccc5n4)c(-c4ccncc4)n32)cc1. The molecule has 0 aliphatic carbocycles. The zero-order chi connectivity index (χ0) is 23.6. The van der Waals surface area contributed by atoms with Crippen molar-refractivity contribution < 1.29 is 9.47 Å². The van der Waals surface area contributed by atoms with Crippen molar-refractivity contribution in [1.29, 1.82) is 0 Å². The van der Waals surface area contributed by atoms with Gasteiger partial charge in [0.05, 0.1) is 43.3 Å². The topological polar surface area (TPSA) is 62.1 Å². The number of para-hydroxylation sites is 1. The molecular weight excluding hydrogens is 436 g/mol. The van der Waals surface area contributed by atoms with Gasteiger partial charge < -0.3 is 14.0 Å². The number of benzene rings is 2. The molecule has 0 radical (unpaired) electrons. The van der Waals surface area contributed by atoms with Crippen LogP contribution in [0.5, 0.6) is 5.75 Å². The van der Waals surface area contributed by atoms with Crippen molar-refractivity contribution in [1.82, 2.24) is 19.5 Å². The third kappa shape index (κ3) is 4.17. The van der Waals surface area contributed by atoms with Crippen molar-refractivity contribution in [3.05, 3.63) is 96.6 Å². The number of hydrogen-bond donors (Lipinski definition) is 0. The van der Waals surface area contributed by atoms with Crippen LogP contribution >= 0.6 is 0 Å². The molecule has 1 aliphatic rings. The smallest absolute Gasteiger partial charge is 0.118 e. The van der Waals surface area contributed by atoms with Crippen molar-refractivity contribution in [2.75, 3.05) is 13.7 Å². The minimum atomic E-state index is 0.216. The second-order valence-electron chi connectivity index (χ2n) is 8.78. The predicted molar refractivity (Wildman–Crippen MR) is 136 cm³/mol. The van der Waals surface area contributed by atoms with E-state index < -0.39 is 0 Å². The van der Waals surface area contributed by atoms with Gasteiger partial charge in [-0.3, -0.25) is 4.98 Å². The van der Waals surface area contributed by atoms with E-state index in [4.69, 9.17) is 19.4 Å². The Morgan fingerprint density at radius 1 is 0.914 bits per heavy atom. The average molecular weight is 463 g/mol. The Kier molecular flexibility index (Phi) is 5.72. The number of imidazole rings is 1. The number of hydrogen-bond acceptors (Lipinski definition) is 5. The van der Waals surface area contributed by atoms with Crippen molar-refractivity contribution in [3.8, 4) is 28.4 Å². The van der Waals surface area contributed by atoms with E-state index in [1.807, 2.05) is 67.0 Å². The summed E-state index contributed by atoms with van der Waals surface area (Å²) in [7, 11) is 1.68. The summed E-state index contributed by atoms with van der Waals surface area (Å²) in [5.74, 6) is 1.93. The maximum absolute atomic E-state index is 6.18. The Morgan fingerprint density at radius 2 is 1.74 bits per heavy atom. The van der Waals surface area contributed by atoms with Gasteiger partial charge in [0.2, 0.25) is 0 Å². The number of pyridine rings is 2. The lowest BCUT2D eigenvalue weighted by Crippen LogP contribution is -2.13. The zero-order valence-corrected chi connectivity index (χ0v) is 19.6. The molecule has 0 saturated carbocycles. The Hall–Kier alpha value is -4.03. The Balaban J connectivity index is 1.33. The lowest BCUT2D eigenvalue weighted by molar-refractivity contribution is 0.0925. The summed E-state index contributed by atoms with van der Waals surface area (Å²) < 4.78 is 13.8. The largest absolute Gasteiger partial charge is 0.497 e. The molecule has 2 aromatic carbocycles. The molecule has 0 fully saturated rings. The van der Waals surface area contributed by atoms with Crippen LogP contribution in [0.3, 0.4) is 0 Å². The fourth-order valence-corrected chi connectivity index (χ4v) is 4.83. The molecule has 4 heterocycles. The molecule has 0 bridgehead atoms. The molecule has 1 atom stereocenters. The molecular formula is C29H26N4O2. The van der Waals surface area contributed by atoms with Crippen molar-refractivity contribution in [3.63, 3.8) is 0 Å². The van der Waals surface area contributed by atoms with Gasteiger partial charge in [0, 0.05) is 29.8 Å². The monoisotopic (exact) mass is 462 g/mol. The molecule has 0 unspecified atom stereocenters. The molecule has 174 valence electrons. The van der Waals surface area contributed by atoms with Gasteiger partial charge in [-0.1, -0.05) is 36.4 Å². The summed E-state index contributed by atoms with van der Waals surface area (Å²) in [6.45, 7) is 1.19. The molecule has 6 nitrogen and oxygen atoms in total. The van der Waals surface area contributed by atoms with E-state index in [0.29, 0.717) is 13.2 Å². The first-order valence-electron chi connectivity index (χ1n) is 11.9. The molecule has 0 N–H and O–H groups in total. The van der Waals surface area contributed by atoms with Gasteiger partial charge in [0.15, 0.2) is 0 Å². The van der Waals surface area contributed by atoms with Gasteiger partial charge in [0.1, 0.15) is 17.3 Å². The maximum atomic E-state index is 6.18. The van der Waals surface area contributed by atoms with Crippen LogP contribution in [-0.4, -0.2) is 33.2 Å². The summed E-state index contributed by atoms with van der Waals surface area (Å²) in [6, 6.07) is 24.7. The second kappa shape index (κ2) is 9.31. The van der Waals surface area contributed by atoms with Crippen LogP contribution in [0.2, 0.25) is 0 Å². The highest BCUT2D eigenvalue weighted by Gasteiger charge is 2.30. The van der Waals surface area contributed by atoms with Crippen LogP contribution < -0.4 is 4.74 Å². The van der Waals surface area contributed by atoms with E-state index in [0.717, 1.165) is 63.5 Å². The van der Waals surface area contributed by atoms with Crippen LogP contribution in [0.4, 0.5) is 0 Å². The third-order valence-electron chi connectivity index (χ3n) is 6.58. The molecule has 6 rings (SSSR count). The Labute approximate surface area is 204 Å². The lowest BCUT2D eigenvalue weighted by Gasteiger charge is -2.18. The summed E-state index contributed by atoms with van der Waals surface area (Å²) in [4.78, 5) is 14.3. The van der Waals surface area contributed by atoms with Gasteiger partial charge >= 0.3 is 0 Å². The average Bonchev–Trinajstić information content (AvgIpc) is 3.49. The molecule has 6 heteroatoms. The fraction of sp³-hybridized carbons (Fsp3) is 0.207. The highest BCUT2D eigenvalue weighted by Crippen LogP contribution is 2.39. The van der Waals surface area contributed by atoms with E-state index in [-0.39, 0.29) is 6.04 Å². The number of methoxy groups -OCH3 is 1. The number of aromatic nitrogens is 4. The highest BCUT2D eigenvalue weighted by molar-refractivity contribution is 5.84. The minimum absolute atomic E-state index is 0.216. The molecule has 35 heavy (non-hydrogen) atoms. The molecule has 1 aliphatic heterocycles. The summed E-state index contributed by atoms with van der Waals surface area (Å²) >= 11 is 0. The Bertz CT molecular complexity index is 1460. The van der Waals surface area contributed by atoms with Crippen molar-refractivity contribution >= 4 is 10.9 Å². The third-order valence-corrected chi connectivity index (χ3v) is 6.58. The quantitative estimate of drug-likeness (QED) is 0.303. The van der Waals surface area contributed by atoms with Crippen LogP contribution in [0.1, 0.15) is 23.9 Å². The minimum Gasteiger partial charge on any atom is -0.497 e. The first kappa shape index (κ1) is 21.5. The molecule has 0 amide bonds. The number of ether oxygens (including phenoxy) is 2. The van der Waals surface area contributed by atoms with E-state index in [2.05, 4.69) is 27.8 Å². The highest BCUT2D eigenvalue weighted by atomic mass is 16.5. The standard InChI is InChI=1S/C29H26N4O2/c1-34-24-10-6-20(7-11-24)18-35-19-23-9-13-27-32-28(29(33(23)27)22-14-16-30-17-15-22)26-12-8-21-4-2-3-5-25(21)31-26/h2-8,10-12,14-17,23H,9,13,18-19H2,1H3/t23-/m0/s1. The summed E-state index contributed by atoms with van der Waals surface area (Å²) in [5, 5.41) is 1.12. The number of nitrogens with zero attached hydrogens (tertiary/aromatic N) is 4. The van der Waals surface area contributed by atoms with Crippen LogP contribution in [0, 0.1) is 0 Å². The van der Waals surface area contributed by atoms with Gasteiger partial charge in [-0.2, -0.15) is 0 Å². The molecule has 3 aromatic heterocycles. The molecule has 0 saturated heterocycles. The van der Waals surface area contributed by atoms with Crippen molar-refractivity contribution in [2.24, 2.45) is 0 Å². The summed E-state index contributed by atoms with van der Waals surface area (Å²) in [5.41, 5.74) is 6.07. The number of fused-ring (bicyclic) bond motifs is 2. The van der Waals surface area contributed by atoms with Gasteiger partial charge in [-0.15, -0.1) is 0 Å². The zero-order valence-electron chi connectivity index (χ0n) is 19.6. The van der Waals surface area contributed by atoms with Gasteiger partial charge in [-0.25, -0.2) is 9.97 Å². The normalized spacial score (nSPS) is 14.8. The number of rotatable bonds is 7. The van der Waals surface area contributed by atoms with E-state index in [9.17, 15) is 0 Å². The van der Waals surface area contributed by atoms with Crippen molar-refractivity contribution in [2.45, 2.75) is 25.5 Å². The molecule has 0 spiro atoms. The number of aryl methyl sites for hydroxylation is 1. The predicted octanol–water partition coefficient (Wildman–Crippen LogP) is 5.87. The van der Waals surface area contributed by atoms with Gasteiger partial charge in [0.25, 0.3) is 0 Å². The van der Waals surface area contributed by atoms with Gasteiger partial charge in [-0.05, 0) is 48.4 Å². The molecule has 5 aromatic rings. The second-order valence-corrected chi connectivity index (χ2v) is 8.78. The Morgan fingerprint density at radius 3 is 2.57 bits per heavy atom. The van der Waals surface area contributed by atoms with Crippen LogP contribution in [-0.2, 0) is 17.8 Å². The van der Waals surface area contributed by atoms with Crippen LogP contribution in [0.25, 0.3) is 33.5 Å². The lowest BCUT2D eigenvalue weighted by atomic mass is 10.1. The first-order valence-corrected chi connectivity index (χ1v) is 11.9. The van der Waals surface area contributed by atoms with E-state index in [1.165, 1.54) is 0 Å².